The Balaban J connectivity index is 2.35. The summed E-state index contributed by atoms with van der Waals surface area (Å²) < 4.78 is 16.1. The van der Waals surface area contributed by atoms with Gasteiger partial charge in [0, 0.05) is 24.7 Å². The Hall–Kier alpha value is -3.19. The fourth-order valence-corrected chi connectivity index (χ4v) is 4.30. The van der Waals surface area contributed by atoms with Crippen molar-refractivity contribution in [1.29, 1.82) is 0 Å². The second-order valence-corrected chi connectivity index (χ2v) is 7.46. The summed E-state index contributed by atoms with van der Waals surface area (Å²) in [5.74, 6) is -0.0472. The summed E-state index contributed by atoms with van der Waals surface area (Å²) in [6, 6.07) is 13.5. The highest BCUT2D eigenvalue weighted by Gasteiger charge is 2.44. The monoisotopic (exact) mass is 458 g/mol. The molecule has 2 aromatic rings. The van der Waals surface area contributed by atoms with Crippen molar-refractivity contribution < 1.29 is 23.8 Å². The normalized spacial score (nSPS) is 18.2. The van der Waals surface area contributed by atoms with Crippen LogP contribution in [0.4, 0.5) is 0 Å². The molecule has 0 aromatic heterocycles. The molecule has 170 valence electrons. The lowest BCUT2D eigenvalue weighted by Crippen LogP contribution is -2.52. The number of hydrogen-bond donors (Lipinski definition) is 1. The minimum atomic E-state index is -0.862. The van der Waals surface area contributed by atoms with Gasteiger partial charge in [0.25, 0.3) is 0 Å². The quantitative estimate of drug-likeness (QED) is 0.506. The van der Waals surface area contributed by atoms with E-state index >= 15 is 0 Å². The van der Waals surface area contributed by atoms with Crippen molar-refractivity contribution in [2.45, 2.75) is 18.5 Å². The smallest absolute Gasteiger partial charge is 0.328 e. The highest BCUT2D eigenvalue weighted by Crippen LogP contribution is 2.45. The van der Waals surface area contributed by atoms with Crippen molar-refractivity contribution in [1.82, 2.24) is 10.2 Å². The number of methoxy groups -OCH3 is 3. The molecule has 2 unspecified atom stereocenters. The Morgan fingerprint density at radius 3 is 2.38 bits per heavy atom. The average Bonchev–Trinajstić information content (AvgIpc) is 2.86. The molecule has 2 atom stereocenters. The fourth-order valence-electron chi connectivity index (χ4n) is 4.16. The largest absolute Gasteiger partial charge is 0.497 e. The maximum absolute atomic E-state index is 13.1. The van der Waals surface area contributed by atoms with E-state index in [0.717, 1.165) is 16.8 Å². The van der Waals surface area contributed by atoms with Gasteiger partial charge in [-0.25, -0.2) is 4.79 Å². The summed E-state index contributed by atoms with van der Waals surface area (Å²) >= 11 is 5.99. The Bertz CT molecular complexity index is 1010. The molecular formula is C24H27ClN2O5. The second-order valence-electron chi connectivity index (χ2n) is 7.20. The van der Waals surface area contributed by atoms with E-state index in [1.807, 2.05) is 30.3 Å². The molecule has 7 nitrogen and oxygen atoms in total. The van der Waals surface area contributed by atoms with Crippen LogP contribution in [0.2, 0.25) is 0 Å². The molecule has 3 rings (SSSR count). The van der Waals surface area contributed by atoms with Gasteiger partial charge in [-0.2, -0.15) is 0 Å². The Labute approximate surface area is 192 Å². The number of nitrogens with one attached hydrogen (secondary N) is 1. The number of rotatable bonds is 7. The molecule has 1 N–H and O–H groups in total. The van der Waals surface area contributed by atoms with Crippen molar-refractivity contribution in [2.75, 3.05) is 34.3 Å². The number of nitrogens with zero attached hydrogens (tertiary/aromatic N) is 1. The first-order chi connectivity index (χ1) is 15.5. The molecule has 2 aromatic carbocycles. The van der Waals surface area contributed by atoms with Gasteiger partial charge in [0.2, 0.25) is 5.91 Å². The zero-order valence-corrected chi connectivity index (χ0v) is 19.3. The Morgan fingerprint density at radius 2 is 1.81 bits per heavy atom. The van der Waals surface area contributed by atoms with Gasteiger partial charge in [0.1, 0.15) is 29.5 Å². The number of carbonyl (C=O) groups excluding carboxylic acids is 2. The predicted molar refractivity (Wildman–Crippen MR) is 123 cm³/mol. The number of amides is 1. The third-order valence-corrected chi connectivity index (χ3v) is 5.84. The highest BCUT2D eigenvalue weighted by molar-refractivity contribution is 6.27. The van der Waals surface area contributed by atoms with Gasteiger partial charge < -0.3 is 24.4 Å². The number of hydrogen-bond acceptors (Lipinski definition) is 6. The molecule has 0 fully saturated rings. The van der Waals surface area contributed by atoms with Crippen LogP contribution in [0.1, 0.15) is 23.6 Å². The lowest BCUT2D eigenvalue weighted by Gasteiger charge is -2.43. The summed E-state index contributed by atoms with van der Waals surface area (Å²) in [6.45, 7) is 0. The summed E-state index contributed by atoms with van der Waals surface area (Å²) in [4.78, 5) is 27.5. The van der Waals surface area contributed by atoms with E-state index in [1.54, 1.807) is 39.5 Å². The van der Waals surface area contributed by atoms with Crippen LogP contribution in [0.3, 0.4) is 0 Å². The number of likely N-dealkylation sites (N-methyl/N-ethyl adjacent to an activating group) is 1. The van der Waals surface area contributed by atoms with Crippen LogP contribution in [0, 0.1) is 0 Å². The fraction of sp³-hybridized carbons (Fsp3) is 0.333. The van der Waals surface area contributed by atoms with E-state index < -0.39 is 24.0 Å². The SMILES string of the molecule is CNC1=C(c2ccccc2)CC(C(=O)OC)N(C(=O)CCl)C1c1cc(OC)ccc1OC. The van der Waals surface area contributed by atoms with Crippen molar-refractivity contribution in [3.8, 4) is 11.5 Å². The molecule has 0 saturated carbocycles. The second kappa shape index (κ2) is 10.4. The Kier molecular flexibility index (Phi) is 7.64. The maximum atomic E-state index is 13.1. The van der Waals surface area contributed by atoms with Crippen molar-refractivity contribution in [3.63, 3.8) is 0 Å². The van der Waals surface area contributed by atoms with Crippen LogP contribution >= 0.6 is 11.6 Å². The molecule has 0 bridgehead atoms. The van der Waals surface area contributed by atoms with Crippen LogP contribution in [0.5, 0.6) is 11.5 Å². The van der Waals surface area contributed by atoms with E-state index in [1.165, 1.54) is 12.0 Å². The molecular weight excluding hydrogens is 432 g/mol. The van der Waals surface area contributed by atoms with Crippen LogP contribution in [0.25, 0.3) is 5.57 Å². The third-order valence-electron chi connectivity index (χ3n) is 5.61. The maximum Gasteiger partial charge on any atom is 0.328 e. The van der Waals surface area contributed by atoms with E-state index in [2.05, 4.69) is 5.32 Å². The molecule has 8 heteroatoms. The van der Waals surface area contributed by atoms with E-state index in [9.17, 15) is 9.59 Å². The number of halogens is 1. The zero-order chi connectivity index (χ0) is 23.3. The van der Waals surface area contributed by atoms with Crippen LogP contribution < -0.4 is 14.8 Å². The minimum absolute atomic E-state index is 0.276. The molecule has 1 amide bonds. The highest BCUT2D eigenvalue weighted by atomic mass is 35.5. The molecule has 0 radical (unpaired) electrons. The first kappa shape index (κ1) is 23.5. The number of benzene rings is 2. The van der Waals surface area contributed by atoms with Gasteiger partial charge in [-0.05, 0) is 29.3 Å². The predicted octanol–water partition coefficient (Wildman–Crippen LogP) is 3.39. The van der Waals surface area contributed by atoms with Gasteiger partial charge >= 0.3 is 5.97 Å². The van der Waals surface area contributed by atoms with Gasteiger partial charge in [-0.3, -0.25) is 4.79 Å². The zero-order valence-electron chi connectivity index (χ0n) is 18.6. The summed E-state index contributed by atoms with van der Waals surface area (Å²) in [7, 11) is 6.22. The topological polar surface area (TPSA) is 77.1 Å². The molecule has 1 aliphatic rings. The standard InChI is InChI=1S/C24H27ClN2O5/c1-26-22-17(15-8-6-5-7-9-15)13-19(24(29)32-4)27(21(28)14-25)23(22)18-12-16(30-2)10-11-20(18)31-3/h5-12,19,23,26H,13-14H2,1-4H3. The van der Waals surface area contributed by atoms with Crippen LogP contribution in [-0.4, -0.2) is 57.1 Å². The number of esters is 1. The molecule has 0 aliphatic carbocycles. The minimum Gasteiger partial charge on any atom is -0.497 e. The van der Waals surface area contributed by atoms with E-state index in [-0.39, 0.29) is 12.3 Å². The molecule has 1 aliphatic heterocycles. The number of carbonyl (C=O) groups is 2. The Morgan fingerprint density at radius 1 is 1.09 bits per heavy atom. The van der Waals surface area contributed by atoms with Crippen molar-refractivity contribution in [2.24, 2.45) is 0 Å². The average molecular weight is 459 g/mol. The molecule has 0 spiro atoms. The van der Waals surface area contributed by atoms with E-state index in [0.29, 0.717) is 17.1 Å². The van der Waals surface area contributed by atoms with Gasteiger partial charge in [-0.1, -0.05) is 30.3 Å². The number of alkyl halides is 1. The first-order valence-electron chi connectivity index (χ1n) is 10.1. The molecule has 0 saturated heterocycles. The summed E-state index contributed by atoms with van der Waals surface area (Å²) in [5.41, 5.74) is 3.27. The molecule has 32 heavy (non-hydrogen) atoms. The first-order valence-corrected chi connectivity index (χ1v) is 10.7. The summed E-state index contributed by atoms with van der Waals surface area (Å²) in [5, 5.41) is 3.27. The van der Waals surface area contributed by atoms with Crippen LogP contribution in [0.15, 0.2) is 54.2 Å². The van der Waals surface area contributed by atoms with Gasteiger partial charge in [-0.15, -0.1) is 11.6 Å². The van der Waals surface area contributed by atoms with Crippen molar-refractivity contribution >= 4 is 29.1 Å². The van der Waals surface area contributed by atoms with Gasteiger partial charge in [0.15, 0.2) is 0 Å². The van der Waals surface area contributed by atoms with Crippen molar-refractivity contribution in [3.05, 3.63) is 65.4 Å². The third kappa shape index (κ3) is 4.39. The van der Waals surface area contributed by atoms with Gasteiger partial charge in [0.05, 0.1) is 21.3 Å². The van der Waals surface area contributed by atoms with E-state index in [4.69, 9.17) is 25.8 Å². The number of ether oxygens (including phenoxy) is 3. The lowest BCUT2D eigenvalue weighted by molar-refractivity contribution is -0.154. The molecule has 1 heterocycles. The van der Waals surface area contributed by atoms with Crippen LogP contribution in [-0.2, 0) is 14.3 Å². The summed E-state index contributed by atoms with van der Waals surface area (Å²) in [6.07, 6.45) is 0.276. The lowest BCUT2D eigenvalue weighted by atomic mass is 9.84.